The summed E-state index contributed by atoms with van der Waals surface area (Å²) >= 11 is 12.6. The Balaban J connectivity index is 1.59. The molecular formula is C22H27Cl2FN2O3. The van der Waals surface area contributed by atoms with Crippen LogP contribution < -0.4 is 10.6 Å². The van der Waals surface area contributed by atoms with E-state index in [1.165, 1.54) is 25.5 Å². The molecule has 0 bridgehead atoms. The highest BCUT2D eigenvalue weighted by Crippen LogP contribution is 2.64. The minimum Gasteiger partial charge on any atom is -0.391 e. The van der Waals surface area contributed by atoms with Gasteiger partial charge >= 0.3 is 0 Å². The Morgan fingerprint density at radius 1 is 1.20 bits per heavy atom. The Labute approximate surface area is 185 Å². The summed E-state index contributed by atoms with van der Waals surface area (Å²) < 4.78 is 14.9. The highest BCUT2D eigenvalue weighted by atomic mass is 35.5. The molecule has 0 radical (unpaired) electrons. The summed E-state index contributed by atoms with van der Waals surface area (Å²) in [5, 5.41) is 16.4. The molecule has 3 fully saturated rings. The predicted octanol–water partition coefficient (Wildman–Crippen LogP) is 4.00. The fraction of sp³-hybridized carbons (Fsp3) is 0.636. The predicted molar refractivity (Wildman–Crippen MR) is 113 cm³/mol. The third kappa shape index (κ3) is 4.06. The van der Waals surface area contributed by atoms with Gasteiger partial charge in [-0.2, -0.15) is 0 Å². The van der Waals surface area contributed by atoms with Crippen molar-refractivity contribution in [3.63, 3.8) is 0 Å². The first-order chi connectivity index (χ1) is 14.1. The molecule has 0 aliphatic heterocycles. The van der Waals surface area contributed by atoms with E-state index in [0.29, 0.717) is 18.3 Å². The van der Waals surface area contributed by atoms with E-state index in [1.807, 2.05) is 0 Å². The monoisotopic (exact) mass is 456 g/mol. The van der Waals surface area contributed by atoms with Crippen LogP contribution in [0.1, 0.15) is 57.6 Å². The molecule has 1 aromatic rings. The first kappa shape index (κ1) is 21.8. The van der Waals surface area contributed by atoms with Gasteiger partial charge in [-0.05, 0) is 61.5 Å². The van der Waals surface area contributed by atoms with Gasteiger partial charge in [0.15, 0.2) is 0 Å². The summed E-state index contributed by atoms with van der Waals surface area (Å²) in [6.45, 7) is 3.46. The van der Waals surface area contributed by atoms with Crippen LogP contribution in [0.5, 0.6) is 0 Å². The minimum absolute atomic E-state index is 0.131. The van der Waals surface area contributed by atoms with Crippen LogP contribution in [0.2, 0.25) is 10.0 Å². The summed E-state index contributed by atoms with van der Waals surface area (Å²) in [6, 6.07) is 1.63. The average Bonchev–Trinajstić information content (AvgIpc) is 3.11. The zero-order chi connectivity index (χ0) is 21.8. The molecule has 3 N–H and O–H groups in total. The largest absolute Gasteiger partial charge is 0.391 e. The van der Waals surface area contributed by atoms with Gasteiger partial charge in [-0.3, -0.25) is 9.59 Å². The second-order valence-electron chi connectivity index (χ2n) is 9.56. The summed E-state index contributed by atoms with van der Waals surface area (Å²) in [6.07, 6.45) is 2.78. The van der Waals surface area contributed by atoms with Crippen LogP contribution in [0.4, 0.5) is 4.39 Å². The molecular weight excluding hydrogens is 430 g/mol. The van der Waals surface area contributed by atoms with E-state index in [1.54, 1.807) is 0 Å². The Bertz CT molecular complexity index is 870. The van der Waals surface area contributed by atoms with Crippen molar-refractivity contribution < 1.29 is 19.1 Å². The number of benzene rings is 1. The van der Waals surface area contributed by atoms with Gasteiger partial charge in [0.25, 0.3) is 0 Å². The molecule has 4 rings (SSSR count). The number of aliphatic hydroxyl groups excluding tert-OH is 1. The summed E-state index contributed by atoms with van der Waals surface area (Å²) in [5.41, 5.74) is -0.0922. The van der Waals surface area contributed by atoms with Crippen LogP contribution in [-0.2, 0) is 9.59 Å². The molecule has 5 nitrogen and oxygen atoms in total. The number of carbonyl (C=O) groups excluding carboxylic acids is 2. The Hall–Kier alpha value is -1.37. The second-order valence-corrected chi connectivity index (χ2v) is 10.3. The van der Waals surface area contributed by atoms with Gasteiger partial charge in [0.2, 0.25) is 11.8 Å². The van der Waals surface area contributed by atoms with Crippen molar-refractivity contribution in [1.82, 2.24) is 10.6 Å². The zero-order valence-corrected chi connectivity index (χ0v) is 18.6. The lowest BCUT2D eigenvalue weighted by Crippen LogP contribution is -2.42. The van der Waals surface area contributed by atoms with Crippen molar-refractivity contribution >= 4 is 35.0 Å². The number of fused-ring (bicyclic) bond motifs is 1. The quantitative estimate of drug-likeness (QED) is 0.585. The fourth-order valence-electron chi connectivity index (χ4n) is 5.64. The summed E-state index contributed by atoms with van der Waals surface area (Å²) in [5.74, 6) is -0.229. The molecule has 3 aliphatic carbocycles. The summed E-state index contributed by atoms with van der Waals surface area (Å²) in [7, 11) is 0. The van der Waals surface area contributed by atoms with Crippen molar-refractivity contribution in [2.75, 3.05) is 0 Å². The van der Waals surface area contributed by atoms with E-state index >= 15 is 0 Å². The smallest absolute Gasteiger partial charge is 0.223 e. The number of amides is 2. The molecule has 7 atom stereocenters. The Kier molecular flexibility index (Phi) is 5.79. The standard InChI is InChI=1S/C22H27Cl2FN2O3/c1-10(28)26-16-6-11(7-17(16)29)21(30)27-20(22(2)8-12-5-13(12)9-22)18-15(25)4-3-14(23)19(18)24/h3-4,11-13,16-17,20,29H,5-9H2,1-2H3,(H,26,28)(H,27,30)/t11-,12-,13+,16-,17+,20+,22?/m0/s1. The number of aliphatic hydroxyl groups is 1. The van der Waals surface area contributed by atoms with Gasteiger partial charge in [-0.1, -0.05) is 30.1 Å². The lowest BCUT2D eigenvalue weighted by atomic mass is 9.74. The van der Waals surface area contributed by atoms with Gasteiger partial charge in [0.05, 0.1) is 28.2 Å². The van der Waals surface area contributed by atoms with Gasteiger partial charge in [-0.25, -0.2) is 4.39 Å². The van der Waals surface area contributed by atoms with E-state index in [0.717, 1.165) is 12.8 Å². The van der Waals surface area contributed by atoms with Crippen molar-refractivity contribution in [3.8, 4) is 0 Å². The molecule has 3 saturated carbocycles. The minimum atomic E-state index is -0.788. The Morgan fingerprint density at radius 2 is 1.87 bits per heavy atom. The molecule has 0 saturated heterocycles. The normalized spacial score (nSPS) is 35.6. The molecule has 0 heterocycles. The third-order valence-electron chi connectivity index (χ3n) is 7.17. The first-order valence-corrected chi connectivity index (χ1v) is 11.2. The van der Waals surface area contributed by atoms with Crippen LogP contribution in [-0.4, -0.2) is 29.1 Å². The number of hydrogen-bond acceptors (Lipinski definition) is 3. The van der Waals surface area contributed by atoms with Crippen LogP contribution >= 0.6 is 23.2 Å². The van der Waals surface area contributed by atoms with Crippen LogP contribution in [0.25, 0.3) is 0 Å². The fourth-order valence-corrected chi connectivity index (χ4v) is 6.06. The van der Waals surface area contributed by atoms with Crippen molar-refractivity contribution in [2.45, 2.75) is 64.1 Å². The van der Waals surface area contributed by atoms with Crippen molar-refractivity contribution in [3.05, 3.63) is 33.6 Å². The second kappa shape index (κ2) is 7.95. The Morgan fingerprint density at radius 3 is 2.50 bits per heavy atom. The number of hydrogen-bond donors (Lipinski definition) is 3. The highest BCUT2D eigenvalue weighted by Gasteiger charge is 2.56. The number of nitrogens with one attached hydrogen (secondary N) is 2. The molecule has 3 aliphatic rings. The zero-order valence-electron chi connectivity index (χ0n) is 17.1. The van der Waals surface area contributed by atoms with Crippen LogP contribution in [0.15, 0.2) is 12.1 Å². The van der Waals surface area contributed by atoms with E-state index in [4.69, 9.17) is 23.2 Å². The van der Waals surface area contributed by atoms with Crippen LogP contribution in [0, 0.1) is 29.0 Å². The number of halogens is 3. The first-order valence-electron chi connectivity index (χ1n) is 10.5. The maximum absolute atomic E-state index is 14.9. The van der Waals surface area contributed by atoms with Crippen LogP contribution in [0.3, 0.4) is 0 Å². The van der Waals surface area contributed by atoms with Crippen molar-refractivity contribution in [1.29, 1.82) is 0 Å². The lowest BCUT2D eigenvalue weighted by molar-refractivity contribution is -0.127. The van der Waals surface area contributed by atoms with Crippen molar-refractivity contribution in [2.24, 2.45) is 23.2 Å². The highest BCUT2D eigenvalue weighted by molar-refractivity contribution is 6.42. The topological polar surface area (TPSA) is 78.4 Å². The maximum atomic E-state index is 14.9. The third-order valence-corrected chi connectivity index (χ3v) is 7.98. The van der Waals surface area contributed by atoms with E-state index < -0.39 is 29.9 Å². The molecule has 1 aromatic carbocycles. The van der Waals surface area contributed by atoms with Gasteiger partial charge in [0, 0.05) is 18.4 Å². The van der Waals surface area contributed by atoms with E-state index in [9.17, 15) is 19.1 Å². The molecule has 8 heteroatoms. The van der Waals surface area contributed by atoms with Gasteiger partial charge in [-0.15, -0.1) is 0 Å². The molecule has 0 aromatic heterocycles. The van der Waals surface area contributed by atoms with E-state index in [2.05, 4.69) is 17.6 Å². The SMILES string of the molecule is CC(=O)N[C@H]1C[C@H](C(=O)N[C@H](c2c(F)ccc(Cl)c2Cl)C2(C)C[C@H]3C[C@H]3C2)C[C@H]1O. The van der Waals surface area contributed by atoms with Gasteiger partial charge < -0.3 is 15.7 Å². The van der Waals surface area contributed by atoms with E-state index in [-0.39, 0.29) is 39.3 Å². The number of rotatable bonds is 5. The molecule has 30 heavy (non-hydrogen) atoms. The average molecular weight is 457 g/mol. The maximum Gasteiger partial charge on any atom is 0.223 e. The molecule has 164 valence electrons. The lowest BCUT2D eigenvalue weighted by Gasteiger charge is -2.38. The molecule has 1 unspecified atom stereocenters. The summed E-state index contributed by atoms with van der Waals surface area (Å²) in [4.78, 5) is 24.5. The number of carbonyl (C=O) groups is 2. The van der Waals surface area contributed by atoms with Gasteiger partial charge in [0.1, 0.15) is 5.82 Å². The molecule has 0 spiro atoms. The molecule has 2 amide bonds.